The van der Waals surface area contributed by atoms with E-state index in [1.54, 1.807) is 6.92 Å². The second kappa shape index (κ2) is 2.56. The van der Waals surface area contributed by atoms with E-state index >= 15 is 0 Å². The molecule has 0 unspecified atom stereocenters. The average Bonchev–Trinajstić information content (AvgIpc) is 1.38. The van der Waals surface area contributed by atoms with Gasteiger partial charge in [-0.1, -0.05) is 6.92 Å². The number of hydrogen-bond donors (Lipinski definition) is 0. The molecule has 0 rings (SSSR count). The van der Waals surface area contributed by atoms with Gasteiger partial charge >= 0.3 is 19.8 Å². The van der Waals surface area contributed by atoms with Gasteiger partial charge in [0.1, 0.15) is 0 Å². The van der Waals surface area contributed by atoms with Gasteiger partial charge in [0.05, 0.1) is 4.43 Å². The maximum absolute atomic E-state index is 9.50. The van der Waals surface area contributed by atoms with E-state index in [2.05, 4.69) is 0 Å². The predicted molar refractivity (Wildman–Crippen MR) is 25.9 cm³/mol. The Labute approximate surface area is 37.7 Å². The third kappa shape index (κ3) is 4.33. The summed E-state index contributed by atoms with van der Waals surface area (Å²) in [5, 5.41) is 0. The summed E-state index contributed by atoms with van der Waals surface area (Å²) in [6.07, 6.45) is 0. The standard InChI is InChI=1S/C2H5IO2/c1-2-3(4)5/h2H2,1H3. The van der Waals surface area contributed by atoms with Crippen LogP contribution in [0.2, 0.25) is 0 Å². The molecule has 0 aliphatic carbocycles. The van der Waals surface area contributed by atoms with Crippen LogP contribution < -0.4 is 0 Å². The van der Waals surface area contributed by atoms with Crippen molar-refractivity contribution in [1.82, 2.24) is 0 Å². The maximum Gasteiger partial charge on any atom is 0.306 e. The molecule has 3 heteroatoms. The summed E-state index contributed by atoms with van der Waals surface area (Å²) in [5.74, 6) is 0. The van der Waals surface area contributed by atoms with Crippen molar-refractivity contribution in [1.29, 1.82) is 0 Å². The lowest BCUT2D eigenvalue weighted by Gasteiger charge is -1.54. The smallest absolute Gasteiger partial charge is 0.235 e. The van der Waals surface area contributed by atoms with Gasteiger partial charge in [0.15, 0.2) is 0 Å². The summed E-state index contributed by atoms with van der Waals surface area (Å²) in [6.45, 7) is 1.64. The number of alkyl halides is 1. The normalized spacial score (nSPS) is 9.20. The highest BCUT2D eigenvalue weighted by Gasteiger charge is 1.73. The molecule has 0 heterocycles. The van der Waals surface area contributed by atoms with Crippen molar-refractivity contribution in [3.63, 3.8) is 0 Å². The SMILES string of the molecule is CCI(=O)=O. The van der Waals surface area contributed by atoms with Crippen molar-refractivity contribution in [3.05, 3.63) is 0 Å². The van der Waals surface area contributed by atoms with Crippen LogP contribution in [0.5, 0.6) is 0 Å². The van der Waals surface area contributed by atoms with Crippen LogP contribution in [-0.4, -0.2) is 4.43 Å². The van der Waals surface area contributed by atoms with Gasteiger partial charge in [-0.05, 0) is 0 Å². The molecule has 0 aromatic rings. The maximum atomic E-state index is 9.50. The highest BCUT2D eigenvalue weighted by atomic mass is 127. The van der Waals surface area contributed by atoms with Gasteiger partial charge in [-0.15, -0.1) is 0 Å². The molecular formula is C2H5IO2. The first kappa shape index (κ1) is 5.33. The van der Waals surface area contributed by atoms with Crippen LogP contribution in [0.1, 0.15) is 6.92 Å². The highest BCUT2D eigenvalue weighted by Crippen LogP contribution is 1.98. The summed E-state index contributed by atoms with van der Waals surface area (Å²) in [7, 11) is 0. The molecule has 0 bridgehead atoms. The van der Waals surface area contributed by atoms with E-state index in [0.29, 0.717) is 4.43 Å². The summed E-state index contributed by atoms with van der Waals surface area (Å²) in [6, 6.07) is 0. The van der Waals surface area contributed by atoms with E-state index in [9.17, 15) is 6.14 Å². The molecule has 0 amide bonds. The molecule has 5 heavy (non-hydrogen) atoms. The van der Waals surface area contributed by atoms with Gasteiger partial charge in [0.2, 0.25) is 0 Å². The second-order valence-electron chi connectivity index (χ2n) is 0.548. The minimum atomic E-state index is -2.78. The van der Waals surface area contributed by atoms with Crippen LogP contribution in [0, 0.1) is 0 Å². The largest absolute Gasteiger partial charge is 0.306 e. The van der Waals surface area contributed by atoms with Gasteiger partial charge in [-0.25, -0.2) is 6.14 Å². The quantitative estimate of drug-likeness (QED) is 0.457. The van der Waals surface area contributed by atoms with Crippen molar-refractivity contribution in [2.24, 2.45) is 0 Å². The van der Waals surface area contributed by atoms with E-state index in [-0.39, 0.29) is 0 Å². The van der Waals surface area contributed by atoms with Crippen molar-refractivity contribution in [2.75, 3.05) is 4.43 Å². The molecule has 0 N–H and O–H groups in total. The van der Waals surface area contributed by atoms with Crippen molar-refractivity contribution in [2.45, 2.75) is 6.92 Å². The zero-order chi connectivity index (χ0) is 4.28. The molecule has 0 spiro atoms. The molecule has 32 valence electrons. The van der Waals surface area contributed by atoms with Gasteiger partial charge in [-0.3, -0.25) is 0 Å². The molecule has 0 atom stereocenters. The lowest BCUT2D eigenvalue weighted by atomic mass is 11.0. The van der Waals surface area contributed by atoms with Gasteiger partial charge < -0.3 is 0 Å². The van der Waals surface area contributed by atoms with Crippen LogP contribution in [-0.2, 0) is 6.14 Å². The Kier molecular flexibility index (Phi) is 2.73. The second-order valence-corrected chi connectivity index (χ2v) is 3.68. The van der Waals surface area contributed by atoms with Crippen molar-refractivity contribution < 1.29 is 6.14 Å². The minimum Gasteiger partial charge on any atom is -0.235 e. The van der Waals surface area contributed by atoms with Crippen LogP contribution in [0.15, 0.2) is 0 Å². The fourth-order valence-corrected chi connectivity index (χ4v) is 0. The van der Waals surface area contributed by atoms with Gasteiger partial charge in [-0.2, -0.15) is 0 Å². The third-order valence-corrected chi connectivity index (χ3v) is 1.46. The number of rotatable bonds is 1. The van der Waals surface area contributed by atoms with E-state index in [1.165, 1.54) is 0 Å². The predicted octanol–water partition coefficient (Wildman–Crippen LogP) is 1.20. The average molecular weight is 188 g/mol. The van der Waals surface area contributed by atoms with Crippen LogP contribution in [0.25, 0.3) is 0 Å². The fraction of sp³-hybridized carbons (Fsp3) is 1.00. The first-order valence-corrected chi connectivity index (χ1v) is 4.57. The lowest BCUT2D eigenvalue weighted by Crippen LogP contribution is -1.46. The summed E-state index contributed by atoms with van der Waals surface area (Å²) < 4.78 is 19.3. The topological polar surface area (TPSA) is 34.1 Å². The lowest BCUT2D eigenvalue weighted by molar-refractivity contribution is 0.609. The number of halogens is 1. The third-order valence-electron chi connectivity index (χ3n) is 0.218. The Bertz CT molecular complexity index is 65.7. The van der Waals surface area contributed by atoms with Crippen LogP contribution in [0.4, 0.5) is 0 Å². The monoisotopic (exact) mass is 188 g/mol. The Morgan fingerprint density at radius 1 is 1.60 bits per heavy atom. The van der Waals surface area contributed by atoms with Gasteiger partial charge in [0, 0.05) is 0 Å². The molecule has 0 aliphatic heterocycles. The Morgan fingerprint density at radius 2 is 1.80 bits per heavy atom. The molecule has 0 radical (unpaired) electrons. The zero-order valence-electron chi connectivity index (χ0n) is 2.90. The van der Waals surface area contributed by atoms with Crippen LogP contribution in [0.3, 0.4) is 0 Å². The van der Waals surface area contributed by atoms with Crippen molar-refractivity contribution in [3.8, 4) is 0 Å². The Hall–Kier alpha value is 0.330. The molecule has 0 aromatic carbocycles. The Balaban J connectivity index is 3.23. The van der Waals surface area contributed by atoms with E-state index < -0.39 is 19.8 Å². The molecule has 0 aliphatic rings. The summed E-state index contributed by atoms with van der Waals surface area (Å²) in [4.78, 5) is 0. The zero-order valence-corrected chi connectivity index (χ0v) is 5.06. The van der Waals surface area contributed by atoms with E-state index in [4.69, 9.17) is 0 Å². The van der Waals surface area contributed by atoms with Crippen LogP contribution >= 0.6 is 19.8 Å². The molecule has 2 nitrogen and oxygen atoms in total. The van der Waals surface area contributed by atoms with Crippen molar-refractivity contribution >= 4 is 19.8 Å². The molecule has 0 fully saturated rings. The first-order valence-electron chi connectivity index (χ1n) is 1.28. The van der Waals surface area contributed by atoms with E-state index in [1.807, 2.05) is 0 Å². The van der Waals surface area contributed by atoms with Gasteiger partial charge in [0.25, 0.3) is 0 Å². The fourth-order valence-electron chi connectivity index (χ4n) is 0. The Morgan fingerprint density at radius 3 is 1.80 bits per heavy atom. The molecule has 0 saturated heterocycles. The molecule has 0 aromatic heterocycles. The highest BCUT2D eigenvalue weighted by molar-refractivity contribution is 14.2. The van der Waals surface area contributed by atoms with E-state index in [0.717, 1.165) is 0 Å². The first-order chi connectivity index (χ1) is 2.27. The molecule has 0 saturated carbocycles. The molecular weight excluding hydrogens is 183 g/mol. The summed E-state index contributed by atoms with van der Waals surface area (Å²) >= 11 is -2.78. The minimum absolute atomic E-state index is 0.351. The summed E-state index contributed by atoms with van der Waals surface area (Å²) in [5.41, 5.74) is 0. The number of hydrogen-bond acceptors (Lipinski definition) is 2.